The normalized spacial score (nSPS) is 22.4. The van der Waals surface area contributed by atoms with Crippen molar-refractivity contribution >= 4 is 17.4 Å². The van der Waals surface area contributed by atoms with Gasteiger partial charge < -0.3 is 14.8 Å². The Morgan fingerprint density at radius 2 is 1.81 bits per heavy atom. The molecule has 2 unspecified atom stereocenters. The molecule has 0 radical (unpaired) electrons. The number of hydrogen-bond acceptors (Lipinski definition) is 6. The number of benzene rings is 1. The molecule has 1 aliphatic carbocycles. The fourth-order valence-corrected chi connectivity index (χ4v) is 5.28. The number of nitrogens with one attached hydrogen (secondary N) is 2. The van der Waals surface area contributed by atoms with Gasteiger partial charge in [0.1, 0.15) is 5.82 Å². The van der Waals surface area contributed by atoms with E-state index in [1.807, 2.05) is 6.07 Å². The third kappa shape index (κ3) is 3.51. The van der Waals surface area contributed by atoms with Crippen LogP contribution in [0.4, 0.5) is 5.82 Å². The zero-order chi connectivity index (χ0) is 21.7. The average Bonchev–Trinajstić information content (AvgIpc) is 3.36. The van der Waals surface area contributed by atoms with E-state index in [0.29, 0.717) is 40.4 Å². The van der Waals surface area contributed by atoms with Crippen molar-refractivity contribution in [2.45, 2.75) is 56.7 Å². The van der Waals surface area contributed by atoms with Crippen LogP contribution in [0.15, 0.2) is 21.7 Å². The Kier molecular flexibility index (Phi) is 5.22. The maximum absolute atomic E-state index is 13.1. The molecule has 2 N–H and O–H groups in total. The van der Waals surface area contributed by atoms with Gasteiger partial charge in [-0.2, -0.15) is 0 Å². The van der Waals surface area contributed by atoms with Crippen LogP contribution in [0.5, 0.6) is 11.5 Å². The number of hydrogen-bond donors (Lipinski definition) is 2. The monoisotopic (exact) mass is 446 g/mol. The minimum Gasteiger partial charge on any atom is -0.454 e. The van der Waals surface area contributed by atoms with Gasteiger partial charge in [0, 0.05) is 37.1 Å². The predicted molar refractivity (Wildman–Crippen MR) is 118 cm³/mol. The van der Waals surface area contributed by atoms with E-state index in [1.54, 1.807) is 13.1 Å². The first-order valence-corrected chi connectivity index (χ1v) is 11.2. The summed E-state index contributed by atoms with van der Waals surface area (Å²) in [6, 6.07) is 4.05. The summed E-state index contributed by atoms with van der Waals surface area (Å²) in [5.41, 5.74) is 0.901. The highest BCUT2D eigenvalue weighted by molar-refractivity contribution is 6.31. The summed E-state index contributed by atoms with van der Waals surface area (Å²) in [5.74, 6) is 1.70. The second-order valence-electron chi connectivity index (χ2n) is 8.70. The number of rotatable bonds is 4. The van der Waals surface area contributed by atoms with Crippen molar-refractivity contribution in [3.05, 3.63) is 49.1 Å². The lowest BCUT2D eigenvalue weighted by molar-refractivity contribution is 0.174. The highest BCUT2D eigenvalue weighted by Gasteiger charge is 2.39. The van der Waals surface area contributed by atoms with Crippen molar-refractivity contribution in [1.29, 1.82) is 0 Å². The zero-order valence-electron chi connectivity index (χ0n) is 17.7. The fourth-order valence-electron chi connectivity index (χ4n) is 5.05. The first-order chi connectivity index (χ1) is 14.9. The topological polar surface area (TPSA) is 86.5 Å². The number of ether oxygens (including phenoxy) is 2. The van der Waals surface area contributed by atoms with Gasteiger partial charge >= 0.3 is 5.69 Å². The minimum absolute atomic E-state index is 0.166. The van der Waals surface area contributed by atoms with Crippen LogP contribution in [0, 0.1) is 0 Å². The number of halogens is 1. The van der Waals surface area contributed by atoms with E-state index in [2.05, 4.69) is 10.6 Å². The van der Waals surface area contributed by atoms with E-state index in [4.69, 9.17) is 21.1 Å². The number of nitrogens with zero attached hydrogens (tertiary/aromatic N) is 2. The molecule has 3 aliphatic rings. The Morgan fingerprint density at radius 3 is 2.55 bits per heavy atom. The molecule has 2 aromatic rings. The van der Waals surface area contributed by atoms with E-state index < -0.39 is 0 Å². The van der Waals surface area contributed by atoms with Crippen molar-refractivity contribution in [2.75, 3.05) is 12.1 Å². The molecule has 31 heavy (non-hydrogen) atoms. The van der Waals surface area contributed by atoms with E-state index in [0.717, 1.165) is 18.4 Å². The molecule has 0 saturated heterocycles. The summed E-state index contributed by atoms with van der Waals surface area (Å²) in [7, 11) is 3.22. The van der Waals surface area contributed by atoms with Crippen LogP contribution in [0.1, 0.15) is 49.1 Å². The molecule has 2 aliphatic heterocycles. The van der Waals surface area contributed by atoms with Gasteiger partial charge in [0.25, 0.3) is 5.56 Å². The smallest absolute Gasteiger partial charge is 0.332 e. The summed E-state index contributed by atoms with van der Waals surface area (Å²) in [6.45, 7) is 0.178. The number of fused-ring (bicyclic) bond motifs is 2. The molecule has 8 nitrogen and oxygen atoms in total. The first-order valence-electron chi connectivity index (χ1n) is 10.8. The van der Waals surface area contributed by atoms with Crippen molar-refractivity contribution in [2.24, 2.45) is 14.1 Å². The van der Waals surface area contributed by atoms with E-state index in [9.17, 15) is 9.59 Å². The Bertz CT molecular complexity index is 1140. The highest BCUT2D eigenvalue weighted by atomic mass is 35.5. The van der Waals surface area contributed by atoms with Crippen LogP contribution in [0.3, 0.4) is 0 Å². The Labute approximate surface area is 185 Å². The van der Waals surface area contributed by atoms with Gasteiger partial charge in [-0.15, -0.1) is 0 Å². The van der Waals surface area contributed by atoms with Crippen LogP contribution in [-0.2, 0) is 20.5 Å². The summed E-state index contributed by atoms with van der Waals surface area (Å²) >= 11 is 6.57. The molecule has 1 aromatic carbocycles. The van der Waals surface area contributed by atoms with Crippen LogP contribution in [0.2, 0.25) is 5.02 Å². The second-order valence-corrected chi connectivity index (χ2v) is 9.11. The van der Waals surface area contributed by atoms with E-state index in [-0.39, 0.29) is 30.1 Å². The predicted octanol–water partition coefficient (Wildman–Crippen LogP) is 2.47. The molecule has 166 valence electrons. The van der Waals surface area contributed by atoms with Crippen LogP contribution in [0.25, 0.3) is 0 Å². The van der Waals surface area contributed by atoms with E-state index in [1.165, 1.54) is 35.4 Å². The van der Waals surface area contributed by atoms with Gasteiger partial charge in [-0.1, -0.05) is 30.9 Å². The average molecular weight is 447 g/mol. The molecular weight excluding hydrogens is 420 g/mol. The van der Waals surface area contributed by atoms with Gasteiger partial charge in [-0.25, -0.2) is 4.79 Å². The lowest BCUT2D eigenvalue weighted by Crippen LogP contribution is -2.45. The van der Waals surface area contributed by atoms with Gasteiger partial charge in [0.05, 0.1) is 11.7 Å². The third-order valence-electron chi connectivity index (χ3n) is 6.77. The molecule has 0 amide bonds. The molecular formula is C22H27ClN4O4. The lowest BCUT2D eigenvalue weighted by Gasteiger charge is -2.30. The maximum Gasteiger partial charge on any atom is 0.332 e. The van der Waals surface area contributed by atoms with Gasteiger partial charge in [-0.05, 0) is 30.9 Å². The highest BCUT2D eigenvalue weighted by Crippen LogP contribution is 2.41. The number of aromatic nitrogens is 2. The Morgan fingerprint density at radius 1 is 1.10 bits per heavy atom. The molecule has 0 spiro atoms. The molecule has 0 bridgehead atoms. The summed E-state index contributed by atoms with van der Waals surface area (Å²) < 4.78 is 13.7. The third-order valence-corrected chi connectivity index (χ3v) is 7.12. The Balaban J connectivity index is 1.55. The lowest BCUT2D eigenvalue weighted by atomic mass is 9.90. The molecule has 1 aromatic heterocycles. The number of anilines is 1. The fraction of sp³-hybridized carbons (Fsp3) is 0.545. The van der Waals surface area contributed by atoms with Crippen LogP contribution in [-0.4, -0.2) is 28.1 Å². The van der Waals surface area contributed by atoms with Crippen LogP contribution < -0.4 is 31.4 Å². The van der Waals surface area contributed by atoms with Crippen molar-refractivity contribution in [1.82, 2.24) is 14.5 Å². The van der Waals surface area contributed by atoms with Gasteiger partial charge in [0.2, 0.25) is 6.79 Å². The molecule has 3 heterocycles. The van der Waals surface area contributed by atoms with Crippen molar-refractivity contribution < 1.29 is 9.47 Å². The maximum atomic E-state index is 13.1. The minimum atomic E-state index is -0.338. The molecule has 2 atom stereocenters. The molecule has 5 rings (SSSR count). The summed E-state index contributed by atoms with van der Waals surface area (Å²) in [5, 5.41) is 7.75. The van der Waals surface area contributed by atoms with Gasteiger partial charge in [-0.3, -0.25) is 19.2 Å². The Hall–Kier alpha value is -2.45. The molecule has 1 saturated carbocycles. The largest absolute Gasteiger partial charge is 0.454 e. The SMILES string of the molecule is Cn1c2c(c(=O)n(C)c1=O)C(Cc1cc3c(cc1Cl)OCO3)C(NC1CCCCC1)N2. The standard InChI is InChI=1S/C22H27ClN4O4/c1-26-20-18(21(28)27(2)22(26)29)14(19(25-20)24-13-6-4-3-5-7-13)8-12-9-16-17(10-15(12)23)31-11-30-16/h9-10,13-14,19,24-25H,3-8,11H2,1-2H3. The van der Waals surface area contributed by atoms with Crippen molar-refractivity contribution in [3.8, 4) is 11.5 Å². The zero-order valence-corrected chi connectivity index (χ0v) is 18.5. The summed E-state index contributed by atoms with van der Waals surface area (Å²) in [4.78, 5) is 25.7. The molecule has 1 fully saturated rings. The second kappa shape index (κ2) is 7.91. The molecule has 9 heteroatoms. The quantitative estimate of drug-likeness (QED) is 0.750. The van der Waals surface area contributed by atoms with Crippen LogP contribution >= 0.6 is 11.6 Å². The first kappa shape index (κ1) is 20.5. The van der Waals surface area contributed by atoms with Gasteiger partial charge in [0.15, 0.2) is 11.5 Å². The summed E-state index contributed by atoms with van der Waals surface area (Å²) in [6.07, 6.45) is 6.27. The van der Waals surface area contributed by atoms with Crippen molar-refractivity contribution in [3.63, 3.8) is 0 Å². The van der Waals surface area contributed by atoms with E-state index >= 15 is 0 Å².